The molecule has 0 spiro atoms. The minimum absolute atomic E-state index is 1.13. The molecule has 0 atom stereocenters. The molecule has 0 aliphatic carbocycles. The SMILES string of the molecule is c1ccc(-c2ccc(N(c3cccc4ccccc34)c3cccc4c3sc3c5ccccc5n(-c5ccccc5)c43)cc2)cc1. The second-order valence-corrected chi connectivity index (χ2v) is 12.4. The minimum atomic E-state index is 1.13. The van der Waals surface area contributed by atoms with E-state index in [9.17, 15) is 0 Å². The fraction of sp³-hybridized carbons (Fsp3) is 0. The molecule has 0 radical (unpaired) electrons. The van der Waals surface area contributed by atoms with E-state index in [4.69, 9.17) is 0 Å². The van der Waals surface area contributed by atoms with Crippen LogP contribution in [0.1, 0.15) is 0 Å². The van der Waals surface area contributed by atoms with Crippen molar-refractivity contribution in [3.05, 3.63) is 170 Å². The molecule has 2 aromatic heterocycles. The van der Waals surface area contributed by atoms with Gasteiger partial charge in [-0.2, -0.15) is 0 Å². The molecule has 0 N–H and O–H groups in total. The normalized spacial score (nSPS) is 11.6. The average Bonchev–Trinajstić information content (AvgIpc) is 3.65. The topological polar surface area (TPSA) is 8.17 Å². The zero-order valence-corrected chi connectivity index (χ0v) is 25.3. The summed E-state index contributed by atoms with van der Waals surface area (Å²) in [6, 6.07) is 61.2. The predicted octanol–water partition coefficient (Wildman–Crippen LogP) is 12.3. The molecule has 7 aromatic carbocycles. The molecule has 9 aromatic rings. The van der Waals surface area contributed by atoms with Crippen molar-refractivity contribution < 1.29 is 0 Å². The lowest BCUT2D eigenvalue weighted by Gasteiger charge is -2.27. The molecule has 45 heavy (non-hydrogen) atoms. The maximum atomic E-state index is 2.45. The number of hydrogen-bond acceptors (Lipinski definition) is 2. The van der Waals surface area contributed by atoms with Crippen molar-refractivity contribution in [1.82, 2.24) is 4.57 Å². The highest BCUT2D eigenvalue weighted by atomic mass is 32.1. The number of nitrogens with zero attached hydrogens (tertiary/aromatic N) is 2. The third-order valence-corrected chi connectivity index (χ3v) is 10.0. The van der Waals surface area contributed by atoms with Gasteiger partial charge in [-0.15, -0.1) is 11.3 Å². The Morgan fingerprint density at radius 2 is 1.02 bits per heavy atom. The van der Waals surface area contributed by atoms with Crippen LogP contribution in [-0.2, 0) is 0 Å². The summed E-state index contributed by atoms with van der Waals surface area (Å²) in [6.07, 6.45) is 0. The molecule has 0 aliphatic heterocycles. The molecule has 0 amide bonds. The minimum Gasteiger partial charge on any atom is -0.308 e. The van der Waals surface area contributed by atoms with Crippen molar-refractivity contribution in [3.63, 3.8) is 0 Å². The smallest absolute Gasteiger partial charge is 0.0728 e. The Bertz CT molecular complexity index is 2470. The number of benzene rings is 7. The second kappa shape index (κ2) is 10.5. The standard InChI is InChI=1S/C42H28N2S/c1-3-13-29(14-4-1)30-25-27-33(28-26-30)43(37-23-11-16-31-15-7-8-19-34(31)37)39-24-12-21-36-40-42(45-41(36)39)35-20-9-10-22-38(35)44(40)32-17-5-2-6-18-32/h1-28H. The first-order chi connectivity index (χ1) is 22.3. The van der Waals surface area contributed by atoms with Gasteiger partial charge in [-0.1, -0.05) is 127 Å². The van der Waals surface area contributed by atoms with Crippen molar-refractivity contribution in [3.8, 4) is 16.8 Å². The number of aromatic nitrogens is 1. The van der Waals surface area contributed by atoms with Crippen LogP contribution in [-0.4, -0.2) is 4.57 Å². The Hall–Kier alpha value is -5.64. The molecule has 0 fully saturated rings. The molecular weight excluding hydrogens is 565 g/mol. The lowest BCUT2D eigenvalue weighted by Crippen LogP contribution is -2.10. The van der Waals surface area contributed by atoms with Crippen molar-refractivity contribution in [2.24, 2.45) is 0 Å². The van der Waals surface area contributed by atoms with Gasteiger partial charge in [0.05, 0.1) is 31.8 Å². The summed E-state index contributed by atoms with van der Waals surface area (Å²) in [5.74, 6) is 0. The third-order valence-electron chi connectivity index (χ3n) is 8.78. The number of rotatable bonds is 5. The molecule has 212 valence electrons. The summed E-state index contributed by atoms with van der Waals surface area (Å²) in [4.78, 5) is 2.45. The van der Waals surface area contributed by atoms with Crippen LogP contribution in [0.25, 0.3) is 58.8 Å². The Kier molecular flexibility index (Phi) is 6.03. The molecular formula is C42H28N2S. The van der Waals surface area contributed by atoms with Crippen LogP contribution >= 0.6 is 11.3 Å². The van der Waals surface area contributed by atoms with Gasteiger partial charge in [-0.05, 0) is 59.0 Å². The molecule has 2 nitrogen and oxygen atoms in total. The average molecular weight is 593 g/mol. The van der Waals surface area contributed by atoms with Gasteiger partial charge in [-0.3, -0.25) is 0 Å². The lowest BCUT2D eigenvalue weighted by molar-refractivity contribution is 1.19. The molecule has 2 heterocycles. The Morgan fingerprint density at radius 1 is 0.422 bits per heavy atom. The van der Waals surface area contributed by atoms with Gasteiger partial charge in [0.15, 0.2) is 0 Å². The number of hydrogen-bond donors (Lipinski definition) is 0. The van der Waals surface area contributed by atoms with E-state index in [1.165, 1.54) is 70.2 Å². The van der Waals surface area contributed by atoms with E-state index in [1.807, 2.05) is 11.3 Å². The van der Waals surface area contributed by atoms with E-state index < -0.39 is 0 Å². The maximum Gasteiger partial charge on any atom is 0.0728 e. The van der Waals surface area contributed by atoms with E-state index in [1.54, 1.807) is 0 Å². The van der Waals surface area contributed by atoms with Gasteiger partial charge in [0.25, 0.3) is 0 Å². The van der Waals surface area contributed by atoms with E-state index in [2.05, 4.69) is 179 Å². The van der Waals surface area contributed by atoms with Gasteiger partial charge in [0, 0.05) is 27.5 Å². The van der Waals surface area contributed by atoms with Crippen LogP contribution in [0.5, 0.6) is 0 Å². The Labute approximate surface area is 265 Å². The summed E-state index contributed by atoms with van der Waals surface area (Å²) >= 11 is 1.89. The third kappa shape index (κ3) is 4.16. The fourth-order valence-electron chi connectivity index (χ4n) is 6.74. The first-order valence-corrected chi connectivity index (χ1v) is 16.1. The molecule has 0 saturated heterocycles. The highest BCUT2D eigenvalue weighted by molar-refractivity contribution is 7.27. The summed E-state index contributed by atoms with van der Waals surface area (Å²) in [7, 11) is 0. The Balaban J connectivity index is 1.33. The summed E-state index contributed by atoms with van der Waals surface area (Å²) < 4.78 is 5.02. The number of thiophene rings is 1. The van der Waals surface area contributed by atoms with Gasteiger partial charge in [0.2, 0.25) is 0 Å². The first kappa shape index (κ1) is 25.8. The van der Waals surface area contributed by atoms with Gasteiger partial charge >= 0.3 is 0 Å². The summed E-state index contributed by atoms with van der Waals surface area (Å²) in [6.45, 7) is 0. The van der Waals surface area contributed by atoms with Crippen molar-refractivity contribution in [1.29, 1.82) is 0 Å². The monoisotopic (exact) mass is 592 g/mol. The van der Waals surface area contributed by atoms with Crippen LogP contribution in [0.3, 0.4) is 0 Å². The van der Waals surface area contributed by atoms with Gasteiger partial charge in [-0.25, -0.2) is 0 Å². The zero-order chi connectivity index (χ0) is 29.7. The molecule has 3 heteroatoms. The van der Waals surface area contributed by atoms with E-state index in [0.29, 0.717) is 0 Å². The van der Waals surface area contributed by atoms with Crippen molar-refractivity contribution >= 4 is 70.4 Å². The van der Waals surface area contributed by atoms with E-state index >= 15 is 0 Å². The lowest BCUT2D eigenvalue weighted by atomic mass is 10.0. The molecule has 0 bridgehead atoms. The predicted molar refractivity (Wildman–Crippen MR) is 194 cm³/mol. The van der Waals surface area contributed by atoms with Gasteiger partial charge < -0.3 is 9.47 Å². The summed E-state index contributed by atoms with van der Waals surface area (Å²) in [5.41, 5.74) is 9.59. The van der Waals surface area contributed by atoms with Gasteiger partial charge in [0.1, 0.15) is 0 Å². The van der Waals surface area contributed by atoms with Crippen molar-refractivity contribution in [2.75, 3.05) is 4.90 Å². The quantitative estimate of drug-likeness (QED) is 0.193. The molecule has 9 rings (SSSR count). The van der Waals surface area contributed by atoms with Crippen LogP contribution in [0.15, 0.2) is 170 Å². The fourth-order valence-corrected chi connectivity index (χ4v) is 8.07. The molecule has 0 unspecified atom stereocenters. The highest BCUT2D eigenvalue weighted by Gasteiger charge is 2.23. The number of fused-ring (bicyclic) bond motifs is 6. The number of anilines is 3. The van der Waals surface area contributed by atoms with E-state index in [0.717, 1.165) is 5.69 Å². The van der Waals surface area contributed by atoms with Crippen LogP contribution < -0.4 is 4.90 Å². The molecule has 0 aliphatic rings. The van der Waals surface area contributed by atoms with Crippen LogP contribution in [0, 0.1) is 0 Å². The highest BCUT2D eigenvalue weighted by Crippen LogP contribution is 2.49. The van der Waals surface area contributed by atoms with E-state index in [-0.39, 0.29) is 0 Å². The van der Waals surface area contributed by atoms with Crippen LogP contribution in [0.4, 0.5) is 17.1 Å². The van der Waals surface area contributed by atoms with Crippen molar-refractivity contribution in [2.45, 2.75) is 0 Å². The Morgan fingerprint density at radius 3 is 1.84 bits per heavy atom. The van der Waals surface area contributed by atoms with Crippen LogP contribution in [0.2, 0.25) is 0 Å². The molecule has 0 saturated carbocycles. The maximum absolute atomic E-state index is 2.45. The largest absolute Gasteiger partial charge is 0.308 e. The first-order valence-electron chi connectivity index (χ1n) is 15.3. The number of para-hydroxylation sites is 2. The summed E-state index contributed by atoms with van der Waals surface area (Å²) in [5, 5.41) is 5.00. The second-order valence-electron chi connectivity index (χ2n) is 11.4. The zero-order valence-electron chi connectivity index (χ0n) is 24.5.